The van der Waals surface area contributed by atoms with Crippen molar-refractivity contribution < 1.29 is 4.79 Å². The minimum absolute atomic E-state index is 0.101. The van der Waals surface area contributed by atoms with Crippen LogP contribution < -0.4 is 5.32 Å². The Labute approximate surface area is 128 Å². The number of amides is 1. The molecule has 0 fully saturated rings. The van der Waals surface area contributed by atoms with Gasteiger partial charge in [0.25, 0.3) is 0 Å². The molecule has 4 nitrogen and oxygen atoms in total. The summed E-state index contributed by atoms with van der Waals surface area (Å²) < 4.78 is 0. The smallest absolute Gasteiger partial charge is 0.234 e. The molecular formula is C16H15N3OS. The largest absolute Gasteiger partial charge is 0.325 e. The van der Waals surface area contributed by atoms with Crippen LogP contribution in [0.25, 0.3) is 0 Å². The van der Waals surface area contributed by atoms with Gasteiger partial charge in [0.2, 0.25) is 5.91 Å². The quantitative estimate of drug-likeness (QED) is 0.860. The van der Waals surface area contributed by atoms with Crippen LogP contribution in [-0.4, -0.2) is 16.6 Å². The van der Waals surface area contributed by atoms with E-state index in [1.165, 1.54) is 11.8 Å². The molecule has 0 aliphatic carbocycles. The highest BCUT2D eigenvalue weighted by Gasteiger charge is 2.09. The summed E-state index contributed by atoms with van der Waals surface area (Å²) in [5.74, 6) is 0.124. The van der Waals surface area contributed by atoms with E-state index in [0.29, 0.717) is 10.6 Å². The standard InChI is InChI=1S/C16H15N3OS/c1-2-12-6-3-4-8-14(12)19-15(20)11-21-16-13(10-17)7-5-9-18-16/h3-9H,2,11H2,1H3,(H,19,20). The van der Waals surface area contributed by atoms with Gasteiger partial charge in [-0.05, 0) is 30.2 Å². The Morgan fingerprint density at radius 3 is 2.90 bits per heavy atom. The summed E-state index contributed by atoms with van der Waals surface area (Å²) in [4.78, 5) is 16.1. The highest BCUT2D eigenvalue weighted by molar-refractivity contribution is 8.00. The lowest BCUT2D eigenvalue weighted by Crippen LogP contribution is -2.15. The number of anilines is 1. The van der Waals surface area contributed by atoms with Crippen molar-refractivity contribution >= 4 is 23.4 Å². The van der Waals surface area contributed by atoms with E-state index in [1.807, 2.05) is 31.2 Å². The minimum Gasteiger partial charge on any atom is -0.325 e. The first kappa shape index (κ1) is 15.1. The minimum atomic E-state index is -0.101. The first-order valence-corrected chi connectivity index (χ1v) is 7.58. The van der Waals surface area contributed by atoms with E-state index in [1.54, 1.807) is 18.3 Å². The van der Waals surface area contributed by atoms with Crippen molar-refractivity contribution in [1.82, 2.24) is 4.98 Å². The molecule has 0 bridgehead atoms. The van der Waals surface area contributed by atoms with Crippen molar-refractivity contribution in [2.45, 2.75) is 18.4 Å². The van der Waals surface area contributed by atoms with Crippen molar-refractivity contribution in [3.05, 3.63) is 53.7 Å². The Balaban J connectivity index is 1.98. The molecule has 0 atom stereocenters. The molecule has 0 spiro atoms. The number of pyridine rings is 1. The number of carbonyl (C=O) groups excluding carboxylic acids is 1. The van der Waals surface area contributed by atoms with Gasteiger partial charge in [0.15, 0.2) is 0 Å². The zero-order valence-electron chi connectivity index (χ0n) is 11.7. The van der Waals surface area contributed by atoms with Crippen molar-refractivity contribution in [2.24, 2.45) is 0 Å². The molecule has 0 radical (unpaired) electrons. The molecule has 0 aliphatic heterocycles. The number of nitrogens with one attached hydrogen (secondary N) is 1. The molecule has 1 N–H and O–H groups in total. The van der Waals surface area contributed by atoms with Gasteiger partial charge in [-0.15, -0.1) is 0 Å². The molecule has 0 unspecified atom stereocenters. The molecule has 2 aromatic rings. The zero-order valence-corrected chi connectivity index (χ0v) is 12.5. The van der Waals surface area contributed by atoms with Crippen molar-refractivity contribution in [3.8, 4) is 6.07 Å². The van der Waals surface area contributed by atoms with Crippen LogP contribution in [0.4, 0.5) is 5.69 Å². The fourth-order valence-electron chi connectivity index (χ4n) is 1.86. The van der Waals surface area contributed by atoms with Gasteiger partial charge < -0.3 is 5.32 Å². The SMILES string of the molecule is CCc1ccccc1NC(=O)CSc1ncccc1C#N. The zero-order chi connectivity index (χ0) is 15.1. The topological polar surface area (TPSA) is 65.8 Å². The number of rotatable bonds is 5. The molecule has 1 aromatic carbocycles. The number of hydrogen-bond acceptors (Lipinski definition) is 4. The molecule has 1 heterocycles. The number of nitriles is 1. The number of benzene rings is 1. The van der Waals surface area contributed by atoms with Crippen LogP contribution in [-0.2, 0) is 11.2 Å². The summed E-state index contributed by atoms with van der Waals surface area (Å²) in [6.45, 7) is 2.05. The van der Waals surface area contributed by atoms with Gasteiger partial charge in [0.05, 0.1) is 11.3 Å². The average molecular weight is 297 g/mol. The number of hydrogen-bond donors (Lipinski definition) is 1. The van der Waals surface area contributed by atoms with E-state index in [4.69, 9.17) is 5.26 Å². The fourth-order valence-corrected chi connectivity index (χ4v) is 2.61. The maximum Gasteiger partial charge on any atom is 0.234 e. The van der Waals surface area contributed by atoms with E-state index >= 15 is 0 Å². The highest BCUT2D eigenvalue weighted by atomic mass is 32.2. The first-order chi connectivity index (χ1) is 10.2. The summed E-state index contributed by atoms with van der Waals surface area (Å²) in [7, 11) is 0. The Morgan fingerprint density at radius 2 is 2.14 bits per heavy atom. The second-order valence-electron chi connectivity index (χ2n) is 4.32. The molecule has 0 aliphatic rings. The Bertz CT molecular complexity index is 679. The summed E-state index contributed by atoms with van der Waals surface area (Å²) in [6, 6.07) is 13.2. The fraction of sp³-hybridized carbons (Fsp3) is 0.188. The van der Waals surface area contributed by atoms with Crippen LogP contribution in [0.3, 0.4) is 0 Å². The lowest BCUT2D eigenvalue weighted by Gasteiger charge is -2.09. The second-order valence-corrected chi connectivity index (χ2v) is 5.28. The molecule has 0 saturated heterocycles. The molecule has 1 amide bonds. The maximum absolute atomic E-state index is 12.0. The lowest BCUT2D eigenvalue weighted by atomic mass is 10.1. The van der Waals surface area contributed by atoms with Crippen molar-refractivity contribution in [3.63, 3.8) is 0 Å². The number of aryl methyl sites for hydroxylation is 1. The molecule has 21 heavy (non-hydrogen) atoms. The van der Waals surface area contributed by atoms with Crippen LogP contribution in [0.5, 0.6) is 0 Å². The van der Waals surface area contributed by atoms with Crippen molar-refractivity contribution in [2.75, 3.05) is 11.1 Å². The van der Waals surface area contributed by atoms with Gasteiger partial charge in [-0.1, -0.05) is 36.9 Å². The Hall–Kier alpha value is -2.32. The highest BCUT2D eigenvalue weighted by Crippen LogP contribution is 2.20. The van der Waals surface area contributed by atoms with Gasteiger partial charge in [0.1, 0.15) is 11.1 Å². The average Bonchev–Trinajstić information content (AvgIpc) is 2.53. The number of carbonyl (C=O) groups is 1. The van der Waals surface area contributed by atoms with E-state index in [9.17, 15) is 4.79 Å². The third-order valence-electron chi connectivity index (χ3n) is 2.90. The van der Waals surface area contributed by atoms with Crippen LogP contribution >= 0.6 is 11.8 Å². The third kappa shape index (κ3) is 4.07. The predicted octanol–water partition coefficient (Wildman–Crippen LogP) is 3.25. The summed E-state index contributed by atoms with van der Waals surface area (Å²) in [6.07, 6.45) is 2.48. The predicted molar refractivity (Wildman–Crippen MR) is 84.1 cm³/mol. The van der Waals surface area contributed by atoms with Gasteiger partial charge in [-0.2, -0.15) is 5.26 Å². The summed E-state index contributed by atoms with van der Waals surface area (Å²) in [5, 5.41) is 12.5. The number of thioether (sulfide) groups is 1. The van der Waals surface area contributed by atoms with Gasteiger partial charge in [-0.3, -0.25) is 4.79 Å². The monoisotopic (exact) mass is 297 g/mol. The Morgan fingerprint density at radius 1 is 1.33 bits per heavy atom. The maximum atomic E-state index is 12.0. The molecular weight excluding hydrogens is 282 g/mol. The van der Waals surface area contributed by atoms with Crippen LogP contribution in [0.1, 0.15) is 18.1 Å². The number of aromatic nitrogens is 1. The van der Waals surface area contributed by atoms with E-state index < -0.39 is 0 Å². The lowest BCUT2D eigenvalue weighted by molar-refractivity contribution is -0.113. The normalized spacial score (nSPS) is 9.90. The van der Waals surface area contributed by atoms with Crippen LogP contribution in [0, 0.1) is 11.3 Å². The van der Waals surface area contributed by atoms with Crippen molar-refractivity contribution in [1.29, 1.82) is 5.26 Å². The molecule has 5 heteroatoms. The molecule has 0 saturated carbocycles. The van der Waals surface area contributed by atoms with Crippen LogP contribution in [0.2, 0.25) is 0 Å². The van der Waals surface area contributed by atoms with Gasteiger partial charge in [0, 0.05) is 11.9 Å². The van der Waals surface area contributed by atoms with E-state index in [0.717, 1.165) is 17.7 Å². The molecule has 106 valence electrons. The van der Waals surface area contributed by atoms with Gasteiger partial charge >= 0.3 is 0 Å². The van der Waals surface area contributed by atoms with Gasteiger partial charge in [-0.25, -0.2) is 4.98 Å². The molecule has 1 aromatic heterocycles. The third-order valence-corrected chi connectivity index (χ3v) is 3.91. The second kappa shape index (κ2) is 7.46. The summed E-state index contributed by atoms with van der Waals surface area (Å²) >= 11 is 1.27. The number of nitrogens with zero attached hydrogens (tertiary/aromatic N) is 2. The van der Waals surface area contributed by atoms with E-state index in [-0.39, 0.29) is 11.7 Å². The van der Waals surface area contributed by atoms with E-state index in [2.05, 4.69) is 16.4 Å². The van der Waals surface area contributed by atoms with Crippen LogP contribution in [0.15, 0.2) is 47.6 Å². The first-order valence-electron chi connectivity index (χ1n) is 6.60. The number of para-hydroxylation sites is 1. The summed E-state index contributed by atoms with van der Waals surface area (Å²) in [5.41, 5.74) is 2.43. The molecule has 2 rings (SSSR count). The Kier molecular flexibility index (Phi) is 5.35.